The van der Waals surface area contributed by atoms with Crippen molar-refractivity contribution < 1.29 is 4.74 Å². The topological polar surface area (TPSA) is 21.3 Å². The number of hydrogen-bond acceptors (Lipinski definition) is 2. The summed E-state index contributed by atoms with van der Waals surface area (Å²) in [5.41, 5.74) is 3.51. The van der Waals surface area contributed by atoms with Crippen LogP contribution >= 0.6 is 11.6 Å². The van der Waals surface area contributed by atoms with Crippen molar-refractivity contribution in [1.82, 2.24) is 0 Å². The van der Waals surface area contributed by atoms with Crippen molar-refractivity contribution >= 4 is 17.3 Å². The Morgan fingerprint density at radius 3 is 2.79 bits per heavy atom. The average molecular weight is 280 g/mol. The standard InChI is InChI=1S/C16H22ClNO/c1-11-4-6-13(7-5-11)10-19-16-9-14(18-3)8-15(17)12(16)2/h4,8-9,13,18H,5-7,10H2,1-3H3. The van der Waals surface area contributed by atoms with E-state index >= 15 is 0 Å². The van der Waals surface area contributed by atoms with Crippen molar-refractivity contribution in [3.05, 3.63) is 34.4 Å². The third-order valence-electron chi connectivity index (χ3n) is 3.81. The average Bonchev–Trinajstić information content (AvgIpc) is 2.42. The highest BCUT2D eigenvalue weighted by atomic mass is 35.5. The first-order chi connectivity index (χ1) is 9.10. The van der Waals surface area contributed by atoms with Crippen molar-refractivity contribution in [2.45, 2.75) is 33.1 Å². The highest BCUT2D eigenvalue weighted by Crippen LogP contribution is 2.31. The summed E-state index contributed by atoms with van der Waals surface area (Å²) in [7, 11) is 1.89. The highest BCUT2D eigenvalue weighted by Gasteiger charge is 2.14. The zero-order chi connectivity index (χ0) is 13.8. The predicted molar refractivity (Wildman–Crippen MR) is 82.3 cm³/mol. The first-order valence-electron chi connectivity index (χ1n) is 6.86. The van der Waals surface area contributed by atoms with Gasteiger partial charge in [0, 0.05) is 29.4 Å². The molecule has 1 atom stereocenters. The van der Waals surface area contributed by atoms with Gasteiger partial charge in [0.15, 0.2) is 0 Å². The Balaban J connectivity index is 2.01. The Hall–Kier alpha value is -1.15. The van der Waals surface area contributed by atoms with E-state index in [1.165, 1.54) is 18.4 Å². The summed E-state index contributed by atoms with van der Waals surface area (Å²) in [4.78, 5) is 0. The highest BCUT2D eigenvalue weighted by molar-refractivity contribution is 6.31. The second-order valence-electron chi connectivity index (χ2n) is 5.33. The van der Waals surface area contributed by atoms with Crippen LogP contribution in [0, 0.1) is 12.8 Å². The SMILES string of the molecule is CNc1cc(Cl)c(C)c(OCC2CC=C(C)CC2)c1. The number of benzene rings is 1. The fraction of sp³-hybridized carbons (Fsp3) is 0.500. The first kappa shape index (κ1) is 14.3. The number of anilines is 1. The van der Waals surface area contributed by atoms with Gasteiger partial charge in [-0.2, -0.15) is 0 Å². The van der Waals surface area contributed by atoms with Gasteiger partial charge in [0.25, 0.3) is 0 Å². The molecule has 3 heteroatoms. The quantitative estimate of drug-likeness (QED) is 0.798. The minimum absolute atomic E-state index is 0.625. The Labute approximate surface area is 120 Å². The van der Waals surface area contributed by atoms with Gasteiger partial charge in [-0.25, -0.2) is 0 Å². The molecule has 0 spiro atoms. The molecule has 2 rings (SSSR count). The van der Waals surface area contributed by atoms with Crippen LogP contribution in [0.2, 0.25) is 5.02 Å². The van der Waals surface area contributed by atoms with Gasteiger partial charge in [0.05, 0.1) is 6.61 Å². The van der Waals surface area contributed by atoms with Crippen molar-refractivity contribution in [2.24, 2.45) is 5.92 Å². The molecular formula is C16H22ClNO. The van der Waals surface area contributed by atoms with Crippen LogP contribution in [0.3, 0.4) is 0 Å². The number of allylic oxidation sites excluding steroid dienone is 2. The van der Waals surface area contributed by atoms with Gasteiger partial charge >= 0.3 is 0 Å². The van der Waals surface area contributed by atoms with Crippen LogP contribution < -0.4 is 10.1 Å². The summed E-state index contributed by atoms with van der Waals surface area (Å²) < 4.78 is 5.98. The molecule has 0 amide bonds. The first-order valence-corrected chi connectivity index (χ1v) is 7.24. The van der Waals surface area contributed by atoms with Crippen LogP contribution in [0.25, 0.3) is 0 Å². The third-order valence-corrected chi connectivity index (χ3v) is 4.20. The molecule has 0 aromatic heterocycles. The molecule has 0 fully saturated rings. The molecule has 19 heavy (non-hydrogen) atoms. The molecule has 1 aliphatic rings. The Morgan fingerprint density at radius 2 is 2.16 bits per heavy atom. The van der Waals surface area contributed by atoms with E-state index < -0.39 is 0 Å². The second-order valence-corrected chi connectivity index (χ2v) is 5.74. The van der Waals surface area contributed by atoms with E-state index in [9.17, 15) is 0 Å². The predicted octanol–water partition coefficient (Wildman–Crippen LogP) is 4.82. The van der Waals surface area contributed by atoms with Crippen LogP contribution in [0.4, 0.5) is 5.69 Å². The molecule has 104 valence electrons. The summed E-state index contributed by atoms with van der Waals surface area (Å²) in [5.74, 6) is 1.52. The molecule has 0 saturated heterocycles. The monoisotopic (exact) mass is 279 g/mol. The molecule has 0 bridgehead atoms. The van der Waals surface area contributed by atoms with Crippen LogP contribution in [-0.2, 0) is 0 Å². The lowest BCUT2D eigenvalue weighted by atomic mass is 9.91. The molecule has 1 N–H and O–H groups in total. The minimum Gasteiger partial charge on any atom is -0.493 e. The number of hydrogen-bond donors (Lipinski definition) is 1. The van der Waals surface area contributed by atoms with E-state index in [-0.39, 0.29) is 0 Å². The van der Waals surface area contributed by atoms with E-state index in [1.54, 1.807) is 0 Å². The van der Waals surface area contributed by atoms with E-state index in [1.807, 2.05) is 26.1 Å². The van der Waals surface area contributed by atoms with Crippen LogP contribution in [0.1, 0.15) is 31.7 Å². The summed E-state index contributed by atoms with van der Waals surface area (Å²) >= 11 is 6.21. The van der Waals surface area contributed by atoms with Gasteiger partial charge in [-0.15, -0.1) is 0 Å². The van der Waals surface area contributed by atoms with Gasteiger partial charge in [0.2, 0.25) is 0 Å². The summed E-state index contributed by atoms with van der Waals surface area (Å²) in [6.45, 7) is 4.98. The number of rotatable bonds is 4. The molecule has 0 radical (unpaired) electrons. The summed E-state index contributed by atoms with van der Waals surface area (Å²) in [6.07, 6.45) is 5.89. The molecular weight excluding hydrogens is 258 g/mol. The maximum absolute atomic E-state index is 6.21. The van der Waals surface area contributed by atoms with Gasteiger partial charge in [-0.1, -0.05) is 23.3 Å². The molecule has 1 aliphatic carbocycles. The molecule has 1 aromatic carbocycles. The fourth-order valence-corrected chi connectivity index (χ4v) is 2.54. The number of halogens is 1. The number of ether oxygens (including phenoxy) is 1. The molecule has 1 unspecified atom stereocenters. The van der Waals surface area contributed by atoms with Gasteiger partial charge in [-0.05, 0) is 45.1 Å². The minimum atomic E-state index is 0.625. The fourth-order valence-electron chi connectivity index (χ4n) is 2.33. The molecule has 0 heterocycles. The normalized spacial score (nSPS) is 18.9. The van der Waals surface area contributed by atoms with Crippen molar-refractivity contribution in [3.63, 3.8) is 0 Å². The largest absolute Gasteiger partial charge is 0.493 e. The van der Waals surface area contributed by atoms with Crippen LogP contribution in [0.5, 0.6) is 5.75 Å². The number of nitrogens with one attached hydrogen (secondary N) is 1. The van der Waals surface area contributed by atoms with E-state index in [4.69, 9.17) is 16.3 Å². The smallest absolute Gasteiger partial charge is 0.125 e. The van der Waals surface area contributed by atoms with Gasteiger partial charge < -0.3 is 10.1 Å². The maximum Gasteiger partial charge on any atom is 0.125 e. The summed E-state index contributed by atoms with van der Waals surface area (Å²) in [5, 5.41) is 3.86. The van der Waals surface area contributed by atoms with Gasteiger partial charge in [-0.3, -0.25) is 0 Å². The second kappa shape index (κ2) is 6.33. The molecule has 0 aliphatic heterocycles. The van der Waals surface area contributed by atoms with Gasteiger partial charge in [0.1, 0.15) is 5.75 Å². The lowest BCUT2D eigenvalue weighted by Gasteiger charge is -2.21. The zero-order valence-corrected chi connectivity index (χ0v) is 12.7. The van der Waals surface area contributed by atoms with Crippen molar-refractivity contribution in [1.29, 1.82) is 0 Å². The zero-order valence-electron chi connectivity index (χ0n) is 11.9. The third kappa shape index (κ3) is 3.66. The maximum atomic E-state index is 6.21. The Bertz CT molecular complexity index is 482. The molecule has 2 nitrogen and oxygen atoms in total. The van der Waals surface area contributed by atoms with Crippen molar-refractivity contribution in [2.75, 3.05) is 19.0 Å². The molecule has 0 saturated carbocycles. The Morgan fingerprint density at radius 1 is 1.37 bits per heavy atom. The van der Waals surface area contributed by atoms with Crippen LogP contribution in [0.15, 0.2) is 23.8 Å². The van der Waals surface area contributed by atoms with E-state index in [0.29, 0.717) is 5.92 Å². The Kier molecular flexibility index (Phi) is 4.76. The van der Waals surface area contributed by atoms with E-state index in [2.05, 4.69) is 18.3 Å². The van der Waals surface area contributed by atoms with E-state index in [0.717, 1.165) is 35.1 Å². The lowest BCUT2D eigenvalue weighted by Crippen LogP contribution is -2.14. The van der Waals surface area contributed by atoms with Crippen molar-refractivity contribution in [3.8, 4) is 5.75 Å². The lowest BCUT2D eigenvalue weighted by molar-refractivity contribution is 0.236. The summed E-state index contributed by atoms with van der Waals surface area (Å²) in [6, 6.07) is 3.95. The molecule has 1 aromatic rings. The van der Waals surface area contributed by atoms with Crippen LogP contribution in [-0.4, -0.2) is 13.7 Å².